The van der Waals surface area contributed by atoms with E-state index in [-0.39, 0.29) is 5.56 Å². The van der Waals surface area contributed by atoms with Crippen LogP contribution in [-0.2, 0) is 0 Å². The van der Waals surface area contributed by atoms with Gasteiger partial charge in [0.2, 0.25) is 5.95 Å². The zero-order valence-electron chi connectivity index (χ0n) is 9.58. The van der Waals surface area contributed by atoms with Crippen LogP contribution in [0.1, 0.15) is 15.9 Å². The van der Waals surface area contributed by atoms with Crippen LogP contribution in [0.25, 0.3) is 0 Å². The maximum Gasteiger partial charge on any atom is 0.255 e. The molecule has 1 N–H and O–H groups in total. The highest BCUT2D eigenvalue weighted by atomic mass is 19.1. The topological polar surface area (TPSA) is 42.0 Å². The van der Waals surface area contributed by atoms with Crippen molar-refractivity contribution in [2.75, 3.05) is 5.32 Å². The van der Waals surface area contributed by atoms with Gasteiger partial charge in [-0.1, -0.05) is 6.07 Å². The number of benzene rings is 1. The van der Waals surface area contributed by atoms with E-state index < -0.39 is 17.7 Å². The van der Waals surface area contributed by atoms with Crippen LogP contribution < -0.4 is 5.32 Å². The van der Waals surface area contributed by atoms with Gasteiger partial charge >= 0.3 is 0 Å². The summed E-state index contributed by atoms with van der Waals surface area (Å²) in [6.07, 6.45) is 1.20. The first-order chi connectivity index (χ1) is 8.58. The maximum atomic E-state index is 13.3. The van der Waals surface area contributed by atoms with Crippen molar-refractivity contribution in [2.45, 2.75) is 6.92 Å². The highest BCUT2D eigenvalue weighted by molar-refractivity contribution is 6.04. The van der Waals surface area contributed by atoms with Crippen molar-refractivity contribution >= 4 is 11.6 Å². The lowest BCUT2D eigenvalue weighted by atomic mass is 10.1. The van der Waals surface area contributed by atoms with Crippen LogP contribution in [0.4, 0.5) is 14.5 Å². The van der Waals surface area contributed by atoms with Crippen LogP contribution in [0, 0.1) is 18.7 Å². The third-order valence-corrected chi connectivity index (χ3v) is 2.50. The van der Waals surface area contributed by atoms with Gasteiger partial charge in [0.05, 0.1) is 0 Å². The summed E-state index contributed by atoms with van der Waals surface area (Å²) in [6, 6.07) is 6.77. The fourth-order valence-corrected chi connectivity index (χ4v) is 1.48. The summed E-state index contributed by atoms with van der Waals surface area (Å²) in [5.74, 6) is -1.66. The van der Waals surface area contributed by atoms with Gasteiger partial charge in [-0.05, 0) is 25.1 Å². The Labute approximate surface area is 102 Å². The average Bonchev–Trinajstić information content (AvgIpc) is 2.35. The van der Waals surface area contributed by atoms with Gasteiger partial charge in [-0.2, -0.15) is 4.39 Å². The number of anilines is 1. The third kappa shape index (κ3) is 2.51. The van der Waals surface area contributed by atoms with Crippen molar-refractivity contribution in [3.05, 3.63) is 59.4 Å². The summed E-state index contributed by atoms with van der Waals surface area (Å²) in [5, 5.41) is 2.52. The molecule has 0 aliphatic rings. The molecule has 1 amide bonds. The fraction of sp³-hybridized carbons (Fsp3) is 0.0769. The summed E-state index contributed by atoms with van der Waals surface area (Å²) in [5.41, 5.74) is 0.823. The highest BCUT2D eigenvalue weighted by Crippen LogP contribution is 2.18. The first kappa shape index (κ1) is 12.2. The van der Waals surface area contributed by atoms with E-state index in [0.717, 1.165) is 6.07 Å². The predicted molar refractivity (Wildman–Crippen MR) is 63.3 cm³/mol. The molecule has 1 heterocycles. The van der Waals surface area contributed by atoms with Crippen molar-refractivity contribution in [2.24, 2.45) is 0 Å². The van der Waals surface area contributed by atoms with E-state index in [1.807, 2.05) is 0 Å². The second kappa shape index (κ2) is 4.91. The second-order valence-corrected chi connectivity index (χ2v) is 3.73. The van der Waals surface area contributed by atoms with Gasteiger partial charge in [0, 0.05) is 29.1 Å². The molecule has 1 aromatic carbocycles. The molecule has 0 bridgehead atoms. The molecular formula is C13H10F2N2O. The van der Waals surface area contributed by atoms with Crippen LogP contribution in [-0.4, -0.2) is 10.9 Å². The Kier molecular flexibility index (Phi) is 3.32. The number of carbonyl (C=O) groups is 1. The highest BCUT2D eigenvalue weighted by Gasteiger charge is 2.10. The molecule has 18 heavy (non-hydrogen) atoms. The minimum Gasteiger partial charge on any atom is -0.322 e. The van der Waals surface area contributed by atoms with Crippen molar-refractivity contribution in [1.82, 2.24) is 4.98 Å². The van der Waals surface area contributed by atoms with E-state index in [1.165, 1.54) is 24.4 Å². The Morgan fingerprint density at radius 2 is 2.06 bits per heavy atom. The van der Waals surface area contributed by atoms with E-state index in [4.69, 9.17) is 0 Å². The zero-order chi connectivity index (χ0) is 13.1. The van der Waals surface area contributed by atoms with Gasteiger partial charge in [-0.15, -0.1) is 0 Å². The SMILES string of the molecule is Cc1c(F)cccc1NC(=O)c1ccnc(F)c1. The number of nitrogens with zero attached hydrogens (tertiary/aromatic N) is 1. The summed E-state index contributed by atoms with van der Waals surface area (Å²) in [6.45, 7) is 1.55. The summed E-state index contributed by atoms with van der Waals surface area (Å²) >= 11 is 0. The van der Waals surface area contributed by atoms with Gasteiger partial charge in [0.1, 0.15) is 5.82 Å². The van der Waals surface area contributed by atoms with E-state index in [2.05, 4.69) is 10.3 Å². The summed E-state index contributed by atoms with van der Waals surface area (Å²) in [7, 11) is 0. The van der Waals surface area contributed by atoms with Crippen molar-refractivity contribution < 1.29 is 13.6 Å². The Balaban J connectivity index is 2.24. The molecule has 5 heteroatoms. The number of halogens is 2. The van der Waals surface area contributed by atoms with E-state index in [9.17, 15) is 13.6 Å². The van der Waals surface area contributed by atoms with E-state index in [0.29, 0.717) is 11.3 Å². The molecular weight excluding hydrogens is 238 g/mol. The Hall–Kier alpha value is -2.30. The maximum absolute atomic E-state index is 13.3. The monoisotopic (exact) mass is 248 g/mol. The van der Waals surface area contributed by atoms with E-state index in [1.54, 1.807) is 13.0 Å². The molecule has 1 aromatic heterocycles. The molecule has 0 spiro atoms. The molecule has 0 atom stereocenters. The Morgan fingerprint density at radius 3 is 2.78 bits per heavy atom. The number of pyridine rings is 1. The van der Waals surface area contributed by atoms with Crippen LogP contribution >= 0.6 is 0 Å². The molecule has 2 rings (SSSR count). The number of aromatic nitrogens is 1. The number of amides is 1. The fourth-order valence-electron chi connectivity index (χ4n) is 1.48. The molecule has 0 aliphatic carbocycles. The lowest BCUT2D eigenvalue weighted by Gasteiger charge is -2.08. The Bertz CT molecular complexity index is 599. The first-order valence-electron chi connectivity index (χ1n) is 5.26. The van der Waals surface area contributed by atoms with Gasteiger partial charge < -0.3 is 5.32 Å². The lowest BCUT2D eigenvalue weighted by Crippen LogP contribution is -2.13. The normalized spacial score (nSPS) is 10.2. The van der Waals surface area contributed by atoms with Crippen LogP contribution in [0.2, 0.25) is 0 Å². The predicted octanol–water partition coefficient (Wildman–Crippen LogP) is 2.92. The smallest absolute Gasteiger partial charge is 0.255 e. The number of nitrogens with one attached hydrogen (secondary N) is 1. The van der Waals surface area contributed by atoms with Crippen molar-refractivity contribution in [3.8, 4) is 0 Å². The summed E-state index contributed by atoms with van der Waals surface area (Å²) < 4.78 is 26.1. The second-order valence-electron chi connectivity index (χ2n) is 3.73. The van der Waals surface area contributed by atoms with Crippen LogP contribution in [0.3, 0.4) is 0 Å². The number of carbonyl (C=O) groups excluding carboxylic acids is 1. The molecule has 0 aliphatic heterocycles. The number of hydrogen-bond acceptors (Lipinski definition) is 2. The standard InChI is InChI=1S/C13H10F2N2O/c1-8-10(14)3-2-4-11(8)17-13(18)9-5-6-16-12(15)7-9/h2-7H,1H3,(H,17,18). The number of rotatable bonds is 2. The molecule has 0 unspecified atom stereocenters. The molecule has 0 saturated carbocycles. The summed E-state index contributed by atoms with van der Waals surface area (Å²) in [4.78, 5) is 15.2. The van der Waals surface area contributed by atoms with Crippen molar-refractivity contribution in [3.63, 3.8) is 0 Å². The molecule has 3 nitrogen and oxygen atoms in total. The molecule has 2 aromatic rings. The van der Waals surface area contributed by atoms with Gasteiger partial charge in [-0.25, -0.2) is 9.37 Å². The minimum absolute atomic E-state index is 0.131. The van der Waals surface area contributed by atoms with E-state index >= 15 is 0 Å². The van der Waals surface area contributed by atoms with Crippen LogP contribution in [0.5, 0.6) is 0 Å². The molecule has 0 radical (unpaired) electrons. The first-order valence-corrected chi connectivity index (χ1v) is 5.26. The van der Waals surface area contributed by atoms with Crippen LogP contribution in [0.15, 0.2) is 36.5 Å². The molecule has 92 valence electrons. The van der Waals surface area contributed by atoms with Gasteiger partial charge in [-0.3, -0.25) is 4.79 Å². The van der Waals surface area contributed by atoms with Gasteiger partial charge in [0.25, 0.3) is 5.91 Å². The lowest BCUT2D eigenvalue weighted by molar-refractivity contribution is 0.102. The molecule has 0 fully saturated rings. The minimum atomic E-state index is -0.737. The molecule has 0 saturated heterocycles. The van der Waals surface area contributed by atoms with Gasteiger partial charge in [0.15, 0.2) is 0 Å². The largest absolute Gasteiger partial charge is 0.322 e. The number of hydrogen-bond donors (Lipinski definition) is 1. The quantitative estimate of drug-likeness (QED) is 0.830. The Morgan fingerprint density at radius 1 is 1.28 bits per heavy atom. The average molecular weight is 248 g/mol. The zero-order valence-corrected chi connectivity index (χ0v) is 9.58. The third-order valence-electron chi connectivity index (χ3n) is 2.50. The van der Waals surface area contributed by atoms with Crippen molar-refractivity contribution in [1.29, 1.82) is 0 Å².